The second kappa shape index (κ2) is 8.12. The van der Waals surface area contributed by atoms with Crippen molar-refractivity contribution in [3.63, 3.8) is 0 Å². The molecule has 0 aromatic carbocycles. The number of nitrogens with zero attached hydrogens (tertiary/aromatic N) is 2. The fourth-order valence-electron chi connectivity index (χ4n) is 1.66. The molecule has 0 aliphatic carbocycles. The van der Waals surface area contributed by atoms with Crippen LogP contribution in [-0.2, 0) is 6.54 Å². The summed E-state index contributed by atoms with van der Waals surface area (Å²) in [7, 11) is 0. The van der Waals surface area contributed by atoms with Gasteiger partial charge in [0.15, 0.2) is 5.75 Å². The fraction of sp³-hybridized carbons (Fsp3) is 0.769. The Bertz CT molecular complexity index is 299. The zero-order chi connectivity index (χ0) is 12.5. The third-order valence-electron chi connectivity index (χ3n) is 2.62. The van der Waals surface area contributed by atoms with E-state index in [9.17, 15) is 0 Å². The minimum atomic E-state index is 0.237. The van der Waals surface area contributed by atoms with E-state index in [0.717, 1.165) is 44.6 Å². The molecule has 98 valence electrons. The van der Waals surface area contributed by atoms with Gasteiger partial charge in [0.25, 0.3) is 0 Å². The summed E-state index contributed by atoms with van der Waals surface area (Å²) >= 11 is 0. The van der Waals surface area contributed by atoms with Gasteiger partial charge in [0, 0.05) is 13.1 Å². The Morgan fingerprint density at radius 3 is 2.82 bits per heavy atom. The summed E-state index contributed by atoms with van der Waals surface area (Å²) in [5.41, 5.74) is 0. The van der Waals surface area contributed by atoms with Crippen molar-refractivity contribution >= 4 is 0 Å². The minimum Gasteiger partial charge on any atom is -0.486 e. The van der Waals surface area contributed by atoms with Crippen molar-refractivity contribution in [1.29, 1.82) is 0 Å². The Hall–Kier alpha value is -1.03. The molecule has 1 aromatic heterocycles. The highest BCUT2D eigenvalue weighted by atomic mass is 16.5. The first-order valence-corrected chi connectivity index (χ1v) is 6.69. The standard InChI is InChI=1S/C13H25N3O/c1-4-7-14-9-12(6-3)17-13-10-15-16(11-13)8-5-2/h10-12,14H,4-9H2,1-3H3. The van der Waals surface area contributed by atoms with Crippen LogP contribution in [0.3, 0.4) is 0 Å². The molecular formula is C13H25N3O. The molecule has 0 fully saturated rings. The molecule has 4 heteroatoms. The van der Waals surface area contributed by atoms with Gasteiger partial charge in [-0.2, -0.15) is 5.10 Å². The average molecular weight is 239 g/mol. The summed E-state index contributed by atoms with van der Waals surface area (Å²) in [6.45, 7) is 9.37. The van der Waals surface area contributed by atoms with Gasteiger partial charge in [-0.25, -0.2) is 0 Å². The van der Waals surface area contributed by atoms with Gasteiger partial charge in [-0.05, 0) is 25.8 Å². The fourth-order valence-corrected chi connectivity index (χ4v) is 1.66. The Kier molecular flexibility index (Phi) is 6.70. The molecule has 1 rings (SSSR count). The predicted molar refractivity (Wildman–Crippen MR) is 70.4 cm³/mol. The van der Waals surface area contributed by atoms with Gasteiger partial charge in [0.05, 0.1) is 12.4 Å². The maximum absolute atomic E-state index is 5.89. The molecule has 1 heterocycles. The first-order chi connectivity index (χ1) is 8.30. The third kappa shape index (κ3) is 5.22. The number of ether oxygens (including phenoxy) is 1. The lowest BCUT2D eigenvalue weighted by Gasteiger charge is -2.16. The molecule has 0 amide bonds. The van der Waals surface area contributed by atoms with Crippen LogP contribution in [0.2, 0.25) is 0 Å². The summed E-state index contributed by atoms with van der Waals surface area (Å²) < 4.78 is 7.82. The van der Waals surface area contributed by atoms with Crippen LogP contribution in [0.1, 0.15) is 40.0 Å². The second-order valence-electron chi connectivity index (χ2n) is 4.29. The molecule has 1 aromatic rings. The van der Waals surface area contributed by atoms with Crippen molar-refractivity contribution in [2.45, 2.75) is 52.7 Å². The van der Waals surface area contributed by atoms with E-state index in [1.807, 2.05) is 10.9 Å². The van der Waals surface area contributed by atoms with Crippen LogP contribution in [0.25, 0.3) is 0 Å². The molecule has 0 saturated carbocycles. The Morgan fingerprint density at radius 1 is 1.35 bits per heavy atom. The molecule has 0 aliphatic heterocycles. The zero-order valence-electron chi connectivity index (χ0n) is 11.3. The van der Waals surface area contributed by atoms with Gasteiger partial charge < -0.3 is 10.1 Å². The van der Waals surface area contributed by atoms with Gasteiger partial charge in [0.2, 0.25) is 0 Å². The maximum Gasteiger partial charge on any atom is 0.157 e. The summed E-state index contributed by atoms with van der Waals surface area (Å²) in [4.78, 5) is 0. The van der Waals surface area contributed by atoms with Crippen molar-refractivity contribution < 1.29 is 4.74 Å². The number of rotatable bonds is 9. The molecule has 1 N–H and O–H groups in total. The van der Waals surface area contributed by atoms with E-state index in [4.69, 9.17) is 4.74 Å². The summed E-state index contributed by atoms with van der Waals surface area (Å²) in [5.74, 6) is 0.878. The van der Waals surface area contributed by atoms with Gasteiger partial charge >= 0.3 is 0 Å². The van der Waals surface area contributed by atoms with Crippen LogP contribution in [0.15, 0.2) is 12.4 Å². The molecule has 0 spiro atoms. The van der Waals surface area contributed by atoms with Crippen LogP contribution in [0.4, 0.5) is 0 Å². The highest BCUT2D eigenvalue weighted by Gasteiger charge is 2.08. The van der Waals surface area contributed by atoms with Crippen molar-refractivity contribution in [3.05, 3.63) is 12.4 Å². The highest BCUT2D eigenvalue weighted by molar-refractivity contribution is 5.12. The molecular weight excluding hydrogens is 214 g/mol. The monoisotopic (exact) mass is 239 g/mol. The van der Waals surface area contributed by atoms with Crippen LogP contribution in [0, 0.1) is 0 Å². The number of aryl methyl sites for hydroxylation is 1. The van der Waals surface area contributed by atoms with Crippen LogP contribution >= 0.6 is 0 Å². The largest absolute Gasteiger partial charge is 0.486 e. The lowest BCUT2D eigenvalue weighted by molar-refractivity contribution is 0.193. The summed E-state index contributed by atoms with van der Waals surface area (Å²) in [6, 6.07) is 0. The van der Waals surface area contributed by atoms with Crippen molar-refractivity contribution in [1.82, 2.24) is 15.1 Å². The Morgan fingerprint density at radius 2 is 2.18 bits per heavy atom. The second-order valence-corrected chi connectivity index (χ2v) is 4.29. The molecule has 0 bridgehead atoms. The molecule has 0 saturated heterocycles. The van der Waals surface area contributed by atoms with E-state index in [1.54, 1.807) is 6.20 Å². The van der Waals surface area contributed by atoms with Crippen LogP contribution in [-0.4, -0.2) is 29.0 Å². The molecule has 0 aliphatic rings. The zero-order valence-corrected chi connectivity index (χ0v) is 11.3. The van der Waals surface area contributed by atoms with E-state index in [1.165, 1.54) is 0 Å². The SMILES string of the molecule is CCCNCC(CC)Oc1cnn(CCC)c1. The lowest BCUT2D eigenvalue weighted by atomic mass is 10.2. The average Bonchev–Trinajstić information content (AvgIpc) is 2.76. The third-order valence-corrected chi connectivity index (χ3v) is 2.62. The van der Waals surface area contributed by atoms with Gasteiger partial charge in [-0.15, -0.1) is 0 Å². The number of hydrogen-bond acceptors (Lipinski definition) is 3. The lowest BCUT2D eigenvalue weighted by Crippen LogP contribution is -2.31. The highest BCUT2D eigenvalue weighted by Crippen LogP contribution is 2.12. The van der Waals surface area contributed by atoms with E-state index in [-0.39, 0.29) is 6.10 Å². The number of hydrogen-bond donors (Lipinski definition) is 1. The molecule has 1 unspecified atom stereocenters. The number of nitrogens with one attached hydrogen (secondary N) is 1. The number of aromatic nitrogens is 2. The Balaban J connectivity index is 2.37. The molecule has 4 nitrogen and oxygen atoms in total. The first-order valence-electron chi connectivity index (χ1n) is 6.69. The molecule has 1 atom stereocenters. The summed E-state index contributed by atoms with van der Waals surface area (Å²) in [6.07, 6.45) is 7.28. The Labute approximate surface area is 104 Å². The topological polar surface area (TPSA) is 39.1 Å². The van der Waals surface area contributed by atoms with Crippen molar-refractivity contribution in [2.24, 2.45) is 0 Å². The quantitative estimate of drug-likeness (QED) is 0.673. The predicted octanol–water partition coefficient (Wildman–Crippen LogP) is 2.45. The van der Waals surface area contributed by atoms with Gasteiger partial charge in [-0.3, -0.25) is 4.68 Å². The van der Waals surface area contributed by atoms with Gasteiger partial charge in [-0.1, -0.05) is 20.8 Å². The molecule has 0 radical (unpaired) electrons. The van der Waals surface area contributed by atoms with E-state index in [0.29, 0.717) is 0 Å². The molecule has 17 heavy (non-hydrogen) atoms. The van der Waals surface area contributed by atoms with Crippen LogP contribution < -0.4 is 10.1 Å². The summed E-state index contributed by atoms with van der Waals surface area (Å²) in [5, 5.41) is 7.65. The maximum atomic E-state index is 5.89. The smallest absolute Gasteiger partial charge is 0.157 e. The van der Waals surface area contributed by atoms with Crippen LogP contribution in [0.5, 0.6) is 5.75 Å². The van der Waals surface area contributed by atoms with E-state index < -0.39 is 0 Å². The van der Waals surface area contributed by atoms with E-state index >= 15 is 0 Å². The van der Waals surface area contributed by atoms with E-state index in [2.05, 4.69) is 31.2 Å². The first kappa shape index (κ1) is 14.0. The van der Waals surface area contributed by atoms with Crippen molar-refractivity contribution in [2.75, 3.05) is 13.1 Å². The van der Waals surface area contributed by atoms with Gasteiger partial charge in [0.1, 0.15) is 6.10 Å². The normalized spacial score (nSPS) is 12.6. The minimum absolute atomic E-state index is 0.237. The van der Waals surface area contributed by atoms with Crippen molar-refractivity contribution in [3.8, 4) is 5.75 Å².